The lowest BCUT2D eigenvalue weighted by Gasteiger charge is -2.07. The van der Waals surface area contributed by atoms with Crippen molar-refractivity contribution in [3.8, 4) is 0 Å². The second-order valence-corrected chi connectivity index (χ2v) is 4.84. The van der Waals surface area contributed by atoms with Crippen LogP contribution >= 0.6 is 11.8 Å². The zero-order valence-electron chi connectivity index (χ0n) is 10.3. The Labute approximate surface area is 118 Å². The lowest BCUT2D eigenvalue weighted by molar-refractivity contribution is -0.384. The zero-order valence-corrected chi connectivity index (χ0v) is 11.1. The first-order valence-electron chi connectivity index (χ1n) is 5.50. The minimum Gasteiger partial charge on any atom is -0.480 e. The fourth-order valence-electron chi connectivity index (χ4n) is 1.21. The number of nitrogens with one attached hydrogen (secondary N) is 1. The highest BCUT2D eigenvalue weighted by Gasteiger charge is 2.12. The first kappa shape index (κ1) is 15.9. The summed E-state index contributed by atoms with van der Waals surface area (Å²) in [6.07, 6.45) is 0. The third kappa shape index (κ3) is 5.24. The van der Waals surface area contributed by atoms with Gasteiger partial charge in [0, 0.05) is 23.6 Å². The van der Waals surface area contributed by atoms with Crippen LogP contribution in [0.15, 0.2) is 24.3 Å². The molecule has 1 amide bonds. The molecule has 108 valence electrons. The van der Waals surface area contributed by atoms with Gasteiger partial charge in [0.05, 0.1) is 10.7 Å². The average Bonchev–Trinajstić information content (AvgIpc) is 2.39. The van der Waals surface area contributed by atoms with Crippen molar-refractivity contribution in [2.24, 2.45) is 5.73 Å². The zero-order chi connectivity index (χ0) is 15.1. The van der Waals surface area contributed by atoms with Crippen LogP contribution in [-0.2, 0) is 9.59 Å². The molecule has 0 saturated heterocycles. The molecular weight excluding hydrogens is 286 g/mol. The Kier molecular flexibility index (Phi) is 5.94. The van der Waals surface area contributed by atoms with Crippen LogP contribution in [0.3, 0.4) is 0 Å². The summed E-state index contributed by atoms with van der Waals surface area (Å²) in [5, 5.41) is 21.5. The molecule has 0 heterocycles. The monoisotopic (exact) mass is 299 g/mol. The number of nitro groups is 1. The number of anilines is 1. The number of nitro benzene ring substituents is 1. The van der Waals surface area contributed by atoms with Crippen LogP contribution < -0.4 is 11.1 Å². The van der Waals surface area contributed by atoms with E-state index in [9.17, 15) is 19.7 Å². The third-order valence-corrected chi connectivity index (χ3v) is 3.27. The van der Waals surface area contributed by atoms with E-state index in [-0.39, 0.29) is 23.1 Å². The molecule has 1 aromatic rings. The molecule has 0 aliphatic heterocycles. The molecule has 9 heteroatoms. The average molecular weight is 299 g/mol. The Morgan fingerprint density at radius 3 is 2.50 bits per heavy atom. The van der Waals surface area contributed by atoms with Crippen molar-refractivity contribution in [2.45, 2.75) is 6.04 Å². The van der Waals surface area contributed by atoms with Crippen molar-refractivity contribution in [3.05, 3.63) is 34.4 Å². The summed E-state index contributed by atoms with van der Waals surface area (Å²) in [5.74, 6) is -1.27. The van der Waals surface area contributed by atoms with E-state index in [1.165, 1.54) is 24.3 Å². The van der Waals surface area contributed by atoms with Crippen LogP contribution in [0, 0.1) is 10.1 Å². The van der Waals surface area contributed by atoms with Gasteiger partial charge in [-0.3, -0.25) is 19.7 Å². The molecular formula is C11H13N3O5S. The van der Waals surface area contributed by atoms with E-state index in [4.69, 9.17) is 10.8 Å². The molecule has 0 spiro atoms. The van der Waals surface area contributed by atoms with Crippen LogP contribution in [0.2, 0.25) is 0 Å². The van der Waals surface area contributed by atoms with Gasteiger partial charge in [-0.15, -0.1) is 11.8 Å². The second kappa shape index (κ2) is 7.46. The molecule has 0 saturated carbocycles. The lowest BCUT2D eigenvalue weighted by Crippen LogP contribution is -2.33. The maximum atomic E-state index is 11.5. The first-order chi connectivity index (χ1) is 9.40. The number of hydrogen-bond acceptors (Lipinski definition) is 6. The van der Waals surface area contributed by atoms with Crippen molar-refractivity contribution in [1.29, 1.82) is 0 Å². The molecule has 0 bridgehead atoms. The molecule has 0 unspecified atom stereocenters. The van der Waals surface area contributed by atoms with Gasteiger partial charge in [0.1, 0.15) is 6.04 Å². The largest absolute Gasteiger partial charge is 0.480 e. The van der Waals surface area contributed by atoms with Gasteiger partial charge in [0.2, 0.25) is 5.91 Å². The molecule has 0 fully saturated rings. The summed E-state index contributed by atoms with van der Waals surface area (Å²) in [7, 11) is 0. The molecule has 4 N–H and O–H groups in total. The summed E-state index contributed by atoms with van der Waals surface area (Å²) >= 11 is 1.10. The molecule has 20 heavy (non-hydrogen) atoms. The maximum Gasteiger partial charge on any atom is 0.321 e. The highest BCUT2D eigenvalue weighted by Crippen LogP contribution is 2.15. The predicted octanol–water partition coefficient (Wildman–Crippen LogP) is 0.678. The number of thioether (sulfide) groups is 1. The van der Waals surface area contributed by atoms with Crippen LogP contribution in [-0.4, -0.2) is 39.5 Å². The fourth-order valence-corrected chi connectivity index (χ4v) is 1.99. The maximum absolute atomic E-state index is 11.5. The third-order valence-electron chi connectivity index (χ3n) is 2.21. The van der Waals surface area contributed by atoms with Gasteiger partial charge in [0.25, 0.3) is 5.69 Å². The first-order valence-corrected chi connectivity index (χ1v) is 6.66. The number of rotatable bonds is 7. The smallest absolute Gasteiger partial charge is 0.321 e. The molecule has 0 radical (unpaired) electrons. The number of carbonyl (C=O) groups excluding carboxylic acids is 1. The van der Waals surface area contributed by atoms with E-state index in [1.54, 1.807) is 0 Å². The summed E-state index contributed by atoms with van der Waals surface area (Å²) in [4.78, 5) is 31.9. The van der Waals surface area contributed by atoms with Gasteiger partial charge in [-0.25, -0.2) is 0 Å². The van der Waals surface area contributed by atoms with Crippen molar-refractivity contribution in [1.82, 2.24) is 0 Å². The number of nitrogens with zero attached hydrogens (tertiary/aromatic N) is 1. The Bertz CT molecular complexity index is 505. The van der Waals surface area contributed by atoms with E-state index < -0.39 is 16.9 Å². The van der Waals surface area contributed by atoms with Crippen LogP contribution in [0.5, 0.6) is 0 Å². The highest BCUT2D eigenvalue weighted by atomic mass is 32.2. The Morgan fingerprint density at radius 1 is 1.40 bits per heavy atom. The summed E-state index contributed by atoms with van der Waals surface area (Å²) in [6, 6.07) is 4.40. The highest BCUT2D eigenvalue weighted by molar-refractivity contribution is 8.00. The Balaban J connectivity index is 2.39. The quantitative estimate of drug-likeness (QED) is 0.497. The molecule has 0 aliphatic rings. The van der Waals surface area contributed by atoms with Gasteiger partial charge < -0.3 is 16.2 Å². The van der Waals surface area contributed by atoms with E-state index in [0.717, 1.165) is 11.8 Å². The topological polar surface area (TPSA) is 136 Å². The lowest BCUT2D eigenvalue weighted by atomic mass is 10.3. The van der Waals surface area contributed by atoms with Crippen molar-refractivity contribution >= 4 is 35.0 Å². The number of amides is 1. The van der Waals surface area contributed by atoms with Gasteiger partial charge >= 0.3 is 5.97 Å². The molecule has 0 aromatic heterocycles. The number of carboxylic acid groups (broad SMARTS) is 1. The normalized spacial score (nSPS) is 11.7. The minimum atomic E-state index is -1.12. The number of aliphatic carboxylic acids is 1. The van der Waals surface area contributed by atoms with Gasteiger partial charge in [0.15, 0.2) is 0 Å². The van der Waals surface area contributed by atoms with E-state index in [1.807, 2.05) is 0 Å². The number of nitrogens with two attached hydrogens (primary N) is 1. The van der Waals surface area contributed by atoms with Gasteiger partial charge in [-0.05, 0) is 12.1 Å². The number of hydrogen-bond donors (Lipinski definition) is 3. The summed E-state index contributed by atoms with van der Waals surface area (Å²) < 4.78 is 0. The van der Waals surface area contributed by atoms with Gasteiger partial charge in [-0.2, -0.15) is 0 Å². The Morgan fingerprint density at radius 2 is 2.00 bits per heavy atom. The molecule has 1 aromatic carbocycles. The Hall–Kier alpha value is -2.13. The van der Waals surface area contributed by atoms with Crippen LogP contribution in [0.4, 0.5) is 11.4 Å². The van der Waals surface area contributed by atoms with Crippen LogP contribution in [0.25, 0.3) is 0 Å². The molecule has 1 rings (SSSR count). The molecule has 8 nitrogen and oxygen atoms in total. The minimum absolute atomic E-state index is 0.0535. The van der Waals surface area contributed by atoms with Crippen molar-refractivity contribution in [2.75, 3.05) is 16.8 Å². The fraction of sp³-hybridized carbons (Fsp3) is 0.273. The second-order valence-electron chi connectivity index (χ2n) is 3.81. The predicted molar refractivity (Wildman–Crippen MR) is 74.7 cm³/mol. The van der Waals surface area contributed by atoms with E-state index >= 15 is 0 Å². The number of carbonyl (C=O) groups is 2. The van der Waals surface area contributed by atoms with Crippen molar-refractivity contribution in [3.63, 3.8) is 0 Å². The number of non-ortho nitro benzene ring substituents is 1. The van der Waals surface area contributed by atoms with E-state index in [0.29, 0.717) is 5.69 Å². The van der Waals surface area contributed by atoms with E-state index in [2.05, 4.69) is 5.32 Å². The summed E-state index contributed by atoms with van der Waals surface area (Å²) in [5.41, 5.74) is 5.65. The standard InChI is InChI=1S/C11H13N3O5S/c12-9(11(16)17)5-20-6-10(15)13-7-1-3-8(4-2-7)14(18)19/h1-4,9H,5-6,12H2,(H,13,15)(H,16,17)/t9-/m1/s1. The van der Waals surface area contributed by atoms with Crippen molar-refractivity contribution < 1.29 is 19.6 Å². The SMILES string of the molecule is N[C@H](CSCC(=O)Nc1ccc([N+](=O)[O-])cc1)C(=O)O. The van der Waals surface area contributed by atoms with Crippen LogP contribution in [0.1, 0.15) is 0 Å². The number of carboxylic acids is 1. The molecule has 1 atom stereocenters. The van der Waals surface area contributed by atoms with Gasteiger partial charge in [-0.1, -0.05) is 0 Å². The number of benzene rings is 1. The summed E-state index contributed by atoms with van der Waals surface area (Å²) in [6.45, 7) is 0. The molecule has 0 aliphatic carbocycles.